The molecule has 2 aliphatic heterocycles. The molecule has 4 aromatic heterocycles. The molecule has 8 rings (SSSR count). The molecule has 0 unspecified atom stereocenters. The van der Waals surface area contributed by atoms with Crippen molar-refractivity contribution in [1.29, 1.82) is 0 Å². The molecule has 50 heavy (non-hydrogen) atoms. The van der Waals surface area contributed by atoms with Gasteiger partial charge in [0.05, 0.1) is 22.2 Å². The molecule has 2 amide bonds. The molecule has 6 heterocycles. The molecule has 0 atom stereocenters. The van der Waals surface area contributed by atoms with Gasteiger partial charge in [-0.1, -0.05) is 29.4 Å². The van der Waals surface area contributed by atoms with Gasteiger partial charge in [0.15, 0.2) is 5.82 Å². The fourth-order valence-corrected chi connectivity index (χ4v) is 6.26. The number of aromatic amines is 1. The number of carbonyl (C=O) groups excluding carboxylic acids is 2. The van der Waals surface area contributed by atoms with Crippen molar-refractivity contribution in [2.75, 3.05) is 9.80 Å². The lowest BCUT2D eigenvalue weighted by Gasteiger charge is -2.18. The third-order valence-electron chi connectivity index (χ3n) is 9.24. The van der Waals surface area contributed by atoms with Crippen LogP contribution in [0.2, 0.25) is 0 Å². The molecule has 0 fully saturated rings. The maximum absolute atomic E-state index is 13.1. The van der Waals surface area contributed by atoms with Gasteiger partial charge in [0.1, 0.15) is 11.6 Å². The van der Waals surface area contributed by atoms with E-state index < -0.39 is 10.8 Å². The molecular weight excluding hydrogens is 632 g/mol. The summed E-state index contributed by atoms with van der Waals surface area (Å²) in [6.07, 6.45) is 9.05. The van der Waals surface area contributed by atoms with Crippen molar-refractivity contribution in [3.8, 4) is 22.3 Å². The molecule has 14 nitrogen and oxygen atoms in total. The fourth-order valence-electron chi connectivity index (χ4n) is 6.26. The van der Waals surface area contributed by atoms with Gasteiger partial charge < -0.3 is 0 Å². The predicted octanol–water partition coefficient (Wildman–Crippen LogP) is 5.55. The topological polar surface area (TPSA) is 164 Å². The van der Waals surface area contributed by atoms with Crippen molar-refractivity contribution in [3.63, 3.8) is 0 Å². The van der Waals surface area contributed by atoms with Crippen LogP contribution in [0.5, 0.6) is 0 Å². The highest BCUT2D eigenvalue weighted by atomic mass is 16.2. The Morgan fingerprint density at radius 2 is 1.18 bits per heavy atom. The van der Waals surface area contributed by atoms with Crippen molar-refractivity contribution in [1.82, 2.24) is 50.3 Å². The van der Waals surface area contributed by atoms with E-state index in [4.69, 9.17) is 0 Å². The number of anilines is 4. The maximum Gasteiger partial charge on any atom is 0.277 e. The van der Waals surface area contributed by atoms with Gasteiger partial charge in [-0.2, -0.15) is 10.3 Å². The Morgan fingerprint density at radius 3 is 1.64 bits per heavy atom. The first-order valence-electron chi connectivity index (χ1n) is 16.2. The standard InChI is InChI=1S/C20H21N5O.C16H15N7O/c1-5-24-9-8-18(23-24)25-17-10-14(15-11-21-13(2)22-12-15)6-7-16(17)20(3,4)19(25)26;1-9-17-7-11(8-18-9)10-4-5-12-13(6-10)23(14(24)16(12,2)3)15-19-21-22-20-15/h6-12H,5H2,1-4H3;4-8H,1-3H3,(H,19,20,21,22). The molecule has 0 radical (unpaired) electrons. The summed E-state index contributed by atoms with van der Waals surface area (Å²) >= 11 is 0. The first-order chi connectivity index (χ1) is 23.9. The van der Waals surface area contributed by atoms with E-state index >= 15 is 0 Å². The highest BCUT2D eigenvalue weighted by molar-refractivity contribution is 6.13. The van der Waals surface area contributed by atoms with Gasteiger partial charge in [0, 0.05) is 54.7 Å². The van der Waals surface area contributed by atoms with Gasteiger partial charge in [-0.15, -0.1) is 5.10 Å². The van der Waals surface area contributed by atoms with E-state index in [0.29, 0.717) is 11.6 Å². The van der Waals surface area contributed by atoms with Crippen LogP contribution >= 0.6 is 0 Å². The lowest BCUT2D eigenvalue weighted by molar-refractivity contribution is -0.122. The molecule has 14 heteroatoms. The minimum Gasteiger partial charge on any atom is -0.273 e. The lowest BCUT2D eigenvalue weighted by atomic mass is 9.85. The van der Waals surface area contributed by atoms with Gasteiger partial charge >= 0.3 is 0 Å². The van der Waals surface area contributed by atoms with Gasteiger partial charge in [-0.3, -0.25) is 19.2 Å². The number of benzene rings is 2. The van der Waals surface area contributed by atoms with Crippen LogP contribution in [0.1, 0.15) is 57.4 Å². The quantitative estimate of drug-likeness (QED) is 0.246. The van der Waals surface area contributed by atoms with Crippen LogP contribution in [-0.4, -0.2) is 62.2 Å². The molecular formula is C36H36N12O2. The van der Waals surface area contributed by atoms with Gasteiger partial charge in [-0.25, -0.2) is 24.8 Å². The number of nitrogens with one attached hydrogen (secondary N) is 1. The molecule has 6 aromatic rings. The molecule has 252 valence electrons. The summed E-state index contributed by atoms with van der Waals surface area (Å²) in [5.74, 6) is 2.29. The van der Waals surface area contributed by atoms with E-state index in [0.717, 1.165) is 57.1 Å². The number of rotatable bonds is 5. The Morgan fingerprint density at radius 1 is 0.680 bits per heavy atom. The first-order valence-corrected chi connectivity index (χ1v) is 16.2. The van der Waals surface area contributed by atoms with Gasteiger partial charge in [-0.05, 0) is 88.1 Å². The number of carbonyl (C=O) groups is 2. The summed E-state index contributed by atoms with van der Waals surface area (Å²) in [5, 5.41) is 18.4. The Bertz CT molecular complexity index is 2220. The second-order valence-corrected chi connectivity index (χ2v) is 13.3. The largest absolute Gasteiger partial charge is 0.277 e. The Hall–Kier alpha value is -6.18. The zero-order valence-electron chi connectivity index (χ0n) is 28.9. The van der Waals surface area contributed by atoms with Crippen molar-refractivity contribution < 1.29 is 9.59 Å². The fraction of sp³-hybridized carbons (Fsp3) is 0.278. The van der Waals surface area contributed by atoms with Crippen LogP contribution in [0.25, 0.3) is 22.3 Å². The van der Waals surface area contributed by atoms with Crippen LogP contribution in [-0.2, 0) is 27.0 Å². The lowest BCUT2D eigenvalue weighted by Crippen LogP contribution is -2.33. The van der Waals surface area contributed by atoms with Gasteiger partial charge in [0.25, 0.3) is 5.95 Å². The minimum atomic E-state index is -0.654. The van der Waals surface area contributed by atoms with Crippen LogP contribution in [0.3, 0.4) is 0 Å². The summed E-state index contributed by atoms with van der Waals surface area (Å²) in [7, 11) is 0. The van der Waals surface area contributed by atoms with Crippen LogP contribution in [0, 0.1) is 13.8 Å². The third kappa shape index (κ3) is 5.38. The molecule has 0 saturated carbocycles. The Kier molecular flexibility index (Phi) is 7.80. The summed E-state index contributed by atoms with van der Waals surface area (Å²) in [6, 6.07) is 13.8. The van der Waals surface area contributed by atoms with Crippen LogP contribution in [0.15, 0.2) is 73.4 Å². The summed E-state index contributed by atoms with van der Waals surface area (Å²) in [5.41, 5.74) is 6.03. The van der Waals surface area contributed by atoms with E-state index in [-0.39, 0.29) is 17.8 Å². The zero-order valence-corrected chi connectivity index (χ0v) is 28.9. The second-order valence-electron chi connectivity index (χ2n) is 13.3. The van der Waals surface area contributed by atoms with E-state index in [1.54, 1.807) is 17.3 Å². The number of tetrazole rings is 1. The van der Waals surface area contributed by atoms with Crippen molar-refractivity contribution in [2.45, 2.75) is 65.8 Å². The molecule has 1 N–H and O–H groups in total. The zero-order chi connectivity index (χ0) is 35.4. The molecule has 0 bridgehead atoms. The molecule has 0 spiro atoms. The predicted molar refractivity (Wildman–Crippen MR) is 187 cm³/mol. The normalized spacial score (nSPS) is 15.5. The van der Waals surface area contributed by atoms with E-state index in [1.165, 1.54) is 4.90 Å². The van der Waals surface area contributed by atoms with E-state index in [9.17, 15) is 9.59 Å². The third-order valence-corrected chi connectivity index (χ3v) is 9.24. The van der Waals surface area contributed by atoms with Crippen molar-refractivity contribution in [2.24, 2.45) is 0 Å². The number of nitrogens with zero attached hydrogens (tertiary/aromatic N) is 11. The van der Waals surface area contributed by atoms with Crippen LogP contribution in [0.4, 0.5) is 23.1 Å². The number of aromatic nitrogens is 10. The molecule has 2 aromatic carbocycles. The average molecular weight is 669 g/mol. The van der Waals surface area contributed by atoms with Crippen molar-refractivity contribution in [3.05, 3.63) is 96.2 Å². The molecule has 2 aliphatic rings. The summed E-state index contributed by atoms with van der Waals surface area (Å²) < 4.78 is 1.82. The Labute approximate surface area is 288 Å². The molecule has 0 aliphatic carbocycles. The van der Waals surface area contributed by atoms with Crippen molar-refractivity contribution >= 4 is 35.0 Å². The van der Waals surface area contributed by atoms with Gasteiger partial charge in [0.2, 0.25) is 11.8 Å². The first kappa shape index (κ1) is 32.4. The average Bonchev–Trinajstić information content (AvgIpc) is 3.88. The second kappa shape index (κ2) is 12.1. The number of aryl methyl sites for hydroxylation is 3. The highest BCUT2D eigenvalue weighted by Gasteiger charge is 2.47. The smallest absolute Gasteiger partial charge is 0.273 e. The number of hydrogen-bond donors (Lipinski definition) is 1. The maximum atomic E-state index is 13.1. The Balaban J connectivity index is 0.000000157. The minimum absolute atomic E-state index is 0.0335. The number of H-pyrrole nitrogens is 1. The number of hydrogen-bond acceptors (Lipinski definition) is 10. The monoisotopic (exact) mass is 668 g/mol. The number of amides is 2. The van der Waals surface area contributed by atoms with E-state index in [2.05, 4.69) is 45.7 Å². The summed E-state index contributed by atoms with van der Waals surface area (Å²) in [4.78, 5) is 46.2. The van der Waals surface area contributed by atoms with E-state index in [1.807, 2.05) is 114 Å². The summed E-state index contributed by atoms with van der Waals surface area (Å²) in [6.45, 7) is 14.2. The number of fused-ring (bicyclic) bond motifs is 2. The van der Waals surface area contributed by atoms with Crippen LogP contribution < -0.4 is 9.80 Å². The molecule has 0 saturated heterocycles. The highest BCUT2D eigenvalue weighted by Crippen LogP contribution is 2.47. The SMILES string of the molecule is CCn1ccc(N2C(=O)C(C)(C)c3ccc(-c4cnc(C)nc4)cc32)n1.Cc1ncc(-c2ccc3c(c2)N(c2nn[nH]n2)C(=O)C3(C)C)cn1.